The Morgan fingerprint density at radius 3 is 2.64 bits per heavy atom. The number of carbonyl (C=O) groups excluding carboxylic acids is 2. The summed E-state index contributed by atoms with van der Waals surface area (Å²) in [6.07, 6.45) is 1.36. The highest BCUT2D eigenvalue weighted by Gasteiger charge is 2.29. The smallest absolute Gasteiger partial charge is 0.253 e. The number of likely N-dealkylation sites (tertiary alicyclic amines) is 1. The van der Waals surface area contributed by atoms with Crippen molar-refractivity contribution in [3.05, 3.63) is 59.9 Å². The van der Waals surface area contributed by atoms with Crippen LogP contribution in [0.2, 0.25) is 0 Å². The van der Waals surface area contributed by atoms with Crippen LogP contribution in [0.15, 0.2) is 48.5 Å². The maximum atomic E-state index is 13.8. The van der Waals surface area contributed by atoms with Crippen molar-refractivity contribution >= 4 is 17.5 Å². The molecule has 130 valence electrons. The fourth-order valence-electron chi connectivity index (χ4n) is 2.98. The van der Waals surface area contributed by atoms with Crippen LogP contribution in [-0.2, 0) is 4.79 Å². The Bertz CT molecular complexity index is 779. The molecule has 0 radical (unpaired) electrons. The van der Waals surface area contributed by atoms with Crippen molar-refractivity contribution in [2.75, 3.05) is 18.4 Å². The van der Waals surface area contributed by atoms with Crippen molar-refractivity contribution in [1.29, 1.82) is 0 Å². The zero-order chi connectivity index (χ0) is 17.8. The lowest BCUT2D eigenvalue weighted by molar-refractivity contribution is -0.121. The summed E-state index contributed by atoms with van der Waals surface area (Å²) in [5.41, 5.74) is 0.613. The SMILES string of the molecule is O=C(Nc1ccc(O)cc1F)[C@H]1CCCN(C(=O)c2ccccc2)C1. The van der Waals surface area contributed by atoms with Gasteiger partial charge in [0, 0.05) is 24.7 Å². The molecule has 0 aliphatic carbocycles. The van der Waals surface area contributed by atoms with Gasteiger partial charge in [0.1, 0.15) is 11.6 Å². The average molecular weight is 342 g/mol. The first-order valence-corrected chi connectivity index (χ1v) is 8.18. The molecule has 1 heterocycles. The summed E-state index contributed by atoms with van der Waals surface area (Å²) in [7, 11) is 0. The van der Waals surface area contributed by atoms with Crippen LogP contribution in [0.3, 0.4) is 0 Å². The lowest BCUT2D eigenvalue weighted by Crippen LogP contribution is -2.43. The minimum Gasteiger partial charge on any atom is -0.508 e. The summed E-state index contributed by atoms with van der Waals surface area (Å²) < 4.78 is 13.8. The molecule has 2 amide bonds. The molecule has 1 fully saturated rings. The van der Waals surface area contributed by atoms with Crippen molar-refractivity contribution in [2.24, 2.45) is 5.92 Å². The summed E-state index contributed by atoms with van der Waals surface area (Å²) in [6.45, 7) is 0.907. The van der Waals surface area contributed by atoms with Crippen LogP contribution in [0, 0.1) is 11.7 Å². The molecule has 2 N–H and O–H groups in total. The van der Waals surface area contributed by atoms with Gasteiger partial charge in [-0.15, -0.1) is 0 Å². The number of nitrogens with one attached hydrogen (secondary N) is 1. The molecular formula is C19H19FN2O3. The number of benzene rings is 2. The Kier molecular flexibility index (Phi) is 4.97. The number of hydrogen-bond acceptors (Lipinski definition) is 3. The number of phenolic OH excluding ortho intramolecular Hbond substituents is 1. The van der Waals surface area contributed by atoms with Gasteiger partial charge in [-0.3, -0.25) is 9.59 Å². The fourth-order valence-corrected chi connectivity index (χ4v) is 2.98. The van der Waals surface area contributed by atoms with E-state index in [-0.39, 0.29) is 23.3 Å². The van der Waals surface area contributed by atoms with Crippen molar-refractivity contribution in [3.8, 4) is 5.75 Å². The van der Waals surface area contributed by atoms with Crippen molar-refractivity contribution in [1.82, 2.24) is 4.90 Å². The fraction of sp³-hybridized carbons (Fsp3) is 0.263. The predicted octanol–water partition coefficient (Wildman–Crippen LogP) is 3.02. The molecule has 0 aromatic heterocycles. The van der Waals surface area contributed by atoms with E-state index < -0.39 is 11.7 Å². The van der Waals surface area contributed by atoms with Gasteiger partial charge in [-0.05, 0) is 37.1 Å². The molecule has 5 nitrogen and oxygen atoms in total. The number of phenols is 1. The molecule has 0 spiro atoms. The summed E-state index contributed by atoms with van der Waals surface area (Å²) in [5.74, 6) is -1.71. The number of hydrogen-bond donors (Lipinski definition) is 2. The minimum atomic E-state index is -0.693. The van der Waals surface area contributed by atoms with Crippen LogP contribution in [0.4, 0.5) is 10.1 Å². The highest BCUT2D eigenvalue weighted by atomic mass is 19.1. The van der Waals surface area contributed by atoms with E-state index in [0.29, 0.717) is 31.5 Å². The summed E-state index contributed by atoms with van der Waals surface area (Å²) in [5, 5.41) is 11.8. The van der Waals surface area contributed by atoms with Gasteiger partial charge in [0.05, 0.1) is 11.6 Å². The van der Waals surface area contributed by atoms with Crippen LogP contribution in [0.5, 0.6) is 5.75 Å². The van der Waals surface area contributed by atoms with E-state index in [1.54, 1.807) is 29.2 Å². The summed E-state index contributed by atoms with van der Waals surface area (Å²) >= 11 is 0. The van der Waals surface area contributed by atoms with Gasteiger partial charge < -0.3 is 15.3 Å². The molecule has 0 unspecified atom stereocenters. The Hall–Kier alpha value is -2.89. The predicted molar refractivity (Wildman–Crippen MR) is 91.8 cm³/mol. The van der Waals surface area contributed by atoms with Crippen LogP contribution in [0.25, 0.3) is 0 Å². The molecule has 1 aliphatic rings. The zero-order valence-electron chi connectivity index (χ0n) is 13.6. The van der Waals surface area contributed by atoms with E-state index in [1.165, 1.54) is 12.1 Å². The third-order valence-electron chi connectivity index (χ3n) is 4.31. The standard InChI is InChI=1S/C19H19FN2O3/c20-16-11-15(23)8-9-17(16)21-18(24)14-7-4-10-22(12-14)19(25)13-5-2-1-3-6-13/h1-3,5-6,8-9,11,14,23H,4,7,10,12H2,(H,21,24)/t14-/m0/s1. The van der Waals surface area contributed by atoms with Gasteiger partial charge >= 0.3 is 0 Å². The summed E-state index contributed by atoms with van der Waals surface area (Å²) in [6, 6.07) is 12.5. The first-order valence-electron chi connectivity index (χ1n) is 8.18. The molecule has 2 aromatic carbocycles. The van der Waals surface area contributed by atoms with E-state index in [2.05, 4.69) is 5.32 Å². The van der Waals surface area contributed by atoms with Gasteiger partial charge in [0.25, 0.3) is 5.91 Å². The molecule has 1 aliphatic heterocycles. The van der Waals surface area contributed by atoms with Crippen molar-refractivity contribution in [2.45, 2.75) is 12.8 Å². The van der Waals surface area contributed by atoms with E-state index in [0.717, 1.165) is 6.07 Å². The number of amides is 2. The minimum absolute atomic E-state index is 0.0225. The van der Waals surface area contributed by atoms with Crippen LogP contribution in [0.1, 0.15) is 23.2 Å². The highest BCUT2D eigenvalue weighted by molar-refractivity contribution is 5.96. The van der Waals surface area contributed by atoms with Gasteiger partial charge in [-0.2, -0.15) is 0 Å². The third-order valence-corrected chi connectivity index (χ3v) is 4.31. The molecule has 0 bridgehead atoms. The van der Waals surface area contributed by atoms with Crippen LogP contribution >= 0.6 is 0 Å². The number of carbonyl (C=O) groups is 2. The van der Waals surface area contributed by atoms with E-state index in [1.807, 2.05) is 6.07 Å². The maximum Gasteiger partial charge on any atom is 0.253 e. The topological polar surface area (TPSA) is 69.6 Å². The molecule has 2 aromatic rings. The highest BCUT2D eigenvalue weighted by Crippen LogP contribution is 2.23. The number of halogens is 1. The van der Waals surface area contributed by atoms with Crippen molar-refractivity contribution in [3.63, 3.8) is 0 Å². The quantitative estimate of drug-likeness (QED) is 0.843. The van der Waals surface area contributed by atoms with Gasteiger partial charge in [0.2, 0.25) is 5.91 Å². The third kappa shape index (κ3) is 3.96. The number of rotatable bonds is 3. The molecule has 0 saturated carbocycles. The van der Waals surface area contributed by atoms with Gasteiger partial charge in [0.15, 0.2) is 0 Å². The lowest BCUT2D eigenvalue weighted by atomic mass is 9.96. The Labute approximate surface area is 145 Å². The number of anilines is 1. The molecule has 3 rings (SSSR count). The average Bonchev–Trinajstić information content (AvgIpc) is 2.64. The summed E-state index contributed by atoms with van der Waals surface area (Å²) in [4.78, 5) is 26.6. The van der Waals surface area contributed by atoms with E-state index in [9.17, 15) is 19.1 Å². The Morgan fingerprint density at radius 2 is 1.92 bits per heavy atom. The van der Waals surface area contributed by atoms with E-state index in [4.69, 9.17) is 0 Å². The molecular weight excluding hydrogens is 323 g/mol. The largest absolute Gasteiger partial charge is 0.508 e. The number of nitrogens with zero attached hydrogens (tertiary/aromatic N) is 1. The van der Waals surface area contributed by atoms with Crippen molar-refractivity contribution < 1.29 is 19.1 Å². The van der Waals surface area contributed by atoms with E-state index >= 15 is 0 Å². The van der Waals surface area contributed by atoms with Crippen LogP contribution < -0.4 is 5.32 Å². The normalized spacial score (nSPS) is 17.2. The number of aromatic hydroxyl groups is 1. The Morgan fingerprint density at radius 1 is 1.16 bits per heavy atom. The second-order valence-corrected chi connectivity index (χ2v) is 6.11. The zero-order valence-corrected chi connectivity index (χ0v) is 13.6. The monoisotopic (exact) mass is 342 g/mol. The maximum absolute atomic E-state index is 13.8. The molecule has 25 heavy (non-hydrogen) atoms. The molecule has 6 heteroatoms. The van der Waals surface area contributed by atoms with Gasteiger partial charge in [-0.1, -0.05) is 18.2 Å². The first kappa shape index (κ1) is 17.0. The molecule has 1 atom stereocenters. The van der Waals surface area contributed by atoms with Gasteiger partial charge in [-0.25, -0.2) is 4.39 Å². The first-order chi connectivity index (χ1) is 12.0. The number of piperidine rings is 1. The second kappa shape index (κ2) is 7.34. The Balaban J connectivity index is 1.66. The van der Waals surface area contributed by atoms with Crippen LogP contribution in [-0.4, -0.2) is 34.9 Å². The molecule has 1 saturated heterocycles. The second-order valence-electron chi connectivity index (χ2n) is 6.11. The lowest BCUT2D eigenvalue weighted by Gasteiger charge is -2.32.